The van der Waals surface area contributed by atoms with Crippen molar-refractivity contribution in [3.05, 3.63) is 124 Å². The smallest absolute Gasteiger partial charge is 0.283 e. The molecule has 0 aromatic heterocycles. The van der Waals surface area contributed by atoms with E-state index >= 15 is 0 Å². The van der Waals surface area contributed by atoms with Crippen molar-refractivity contribution < 1.29 is 38.4 Å². The zero-order valence-corrected chi connectivity index (χ0v) is 35.0. The average Bonchev–Trinajstić information content (AvgIpc) is 3.81. The van der Waals surface area contributed by atoms with E-state index in [1.807, 2.05) is 67.6 Å². The normalized spacial score (nSPS) is 15.7. The van der Waals surface area contributed by atoms with Gasteiger partial charge in [-0.15, -0.1) is 0 Å². The summed E-state index contributed by atoms with van der Waals surface area (Å²) >= 11 is 1.06. The third-order valence-electron chi connectivity index (χ3n) is 11.0. The molecular weight excluding hydrogens is 783 g/mol. The highest BCUT2D eigenvalue weighted by molar-refractivity contribution is 8.13. The van der Waals surface area contributed by atoms with Crippen LogP contribution in [-0.4, -0.2) is 75.4 Å². The molecule has 312 valence electrons. The second-order valence-corrected chi connectivity index (χ2v) is 15.5. The quantitative estimate of drug-likeness (QED) is 0.0538. The number of methoxy groups -OCH3 is 2. The molecule has 13 nitrogen and oxygen atoms in total. The van der Waals surface area contributed by atoms with Crippen LogP contribution < -0.4 is 44.7 Å². The van der Waals surface area contributed by atoms with Crippen LogP contribution in [0.5, 0.6) is 23.0 Å². The van der Waals surface area contributed by atoms with Gasteiger partial charge in [0.2, 0.25) is 6.41 Å². The maximum absolute atomic E-state index is 12.5. The molecule has 2 aliphatic rings. The molecule has 2 amide bonds. The predicted molar refractivity (Wildman–Crippen MR) is 237 cm³/mol. The first-order valence-corrected chi connectivity index (χ1v) is 20.7. The summed E-state index contributed by atoms with van der Waals surface area (Å²) in [6.07, 6.45) is 3.56. The number of carbonyl (C=O) groups is 3. The van der Waals surface area contributed by atoms with Crippen molar-refractivity contribution in [2.45, 2.75) is 51.3 Å². The van der Waals surface area contributed by atoms with E-state index in [0.29, 0.717) is 58.6 Å². The van der Waals surface area contributed by atoms with Crippen LogP contribution >= 0.6 is 11.8 Å². The number of aldehydes is 1. The molecule has 0 aliphatic carbocycles. The van der Waals surface area contributed by atoms with Gasteiger partial charge in [-0.1, -0.05) is 48.2 Å². The number of fused-ring (bicyclic) bond motifs is 2. The number of benzene rings is 5. The van der Waals surface area contributed by atoms with Crippen LogP contribution in [0.4, 0.5) is 33.2 Å². The number of hydrogen-bond acceptors (Lipinski definition) is 12. The van der Waals surface area contributed by atoms with Crippen molar-refractivity contribution in [3.8, 4) is 23.0 Å². The molecule has 4 N–H and O–H groups in total. The van der Waals surface area contributed by atoms with Gasteiger partial charge in [-0.3, -0.25) is 14.4 Å². The Balaban J connectivity index is 1.07. The van der Waals surface area contributed by atoms with Gasteiger partial charge >= 0.3 is 0 Å². The van der Waals surface area contributed by atoms with E-state index in [9.17, 15) is 19.5 Å². The van der Waals surface area contributed by atoms with Crippen LogP contribution in [0.2, 0.25) is 0 Å². The summed E-state index contributed by atoms with van der Waals surface area (Å²) in [5.41, 5.74) is 8.78. The number of thioether (sulfide) groups is 1. The monoisotopic (exact) mass is 831 g/mol. The van der Waals surface area contributed by atoms with Gasteiger partial charge in [-0.05, 0) is 96.3 Å². The number of ether oxygens (including phenoxy) is 4. The SMILES string of the molecule is COc1cc(C)c(N[C@H](O)C2Cc3ccccc3N2C=O)cc1OCc1cc(COc2cc(NCC3Cc4ccccc4N3C)c(C=O)cc2OC)cc(NC(=O)SC)c1. The Labute approximate surface area is 354 Å². The Morgan fingerprint density at radius 1 is 0.833 bits per heavy atom. The molecule has 2 unspecified atom stereocenters. The van der Waals surface area contributed by atoms with E-state index in [2.05, 4.69) is 40.0 Å². The minimum absolute atomic E-state index is 0.0964. The Kier molecular flexibility index (Phi) is 13.0. The van der Waals surface area contributed by atoms with Crippen molar-refractivity contribution in [3.63, 3.8) is 0 Å². The van der Waals surface area contributed by atoms with E-state index in [0.717, 1.165) is 58.8 Å². The van der Waals surface area contributed by atoms with Gasteiger partial charge in [0.15, 0.2) is 29.3 Å². The number of amides is 2. The molecule has 0 saturated carbocycles. The summed E-state index contributed by atoms with van der Waals surface area (Å²) in [6, 6.07) is 28.2. The van der Waals surface area contributed by atoms with Gasteiger partial charge in [-0.2, -0.15) is 0 Å². The van der Waals surface area contributed by atoms with Crippen molar-refractivity contribution >= 4 is 58.1 Å². The van der Waals surface area contributed by atoms with E-state index in [1.165, 1.54) is 18.4 Å². The molecule has 2 heterocycles. The molecule has 0 spiro atoms. The van der Waals surface area contributed by atoms with Crippen molar-refractivity contribution in [2.24, 2.45) is 0 Å². The Hall–Kier alpha value is -6.38. The fourth-order valence-electron chi connectivity index (χ4n) is 7.82. The number of carbonyl (C=O) groups excluding carboxylic acids is 3. The molecule has 0 radical (unpaired) electrons. The van der Waals surface area contributed by atoms with Crippen LogP contribution in [0.1, 0.15) is 38.2 Å². The molecule has 3 atom stereocenters. The molecular formula is C46H49N5O8S. The second kappa shape index (κ2) is 18.7. The summed E-state index contributed by atoms with van der Waals surface area (Å²) in [7, 11) is 5.16. The van der Waals surface area contributed by atoms with E-state index < -0.39 is 12.3 Å². The number of aliphatic hydroxyl groups excluding tert-OH is 1. The van der Waals surface area contributed by atoms with Crippen LogP contribution in [0.25, 0.3) is 0 Å². The van der Waals surface area contributed by atoms with Crippen LogP contribution in [0.3, 0.4) is 0 Å². The predicted octanol–water partition coefficient (Wildman–Crippen LogP) is 7.67. The highest BCUT2D eigenvalue weighted by atomic mass is 32.2. The van der Waals surface area contributed by atoms with Crippen molar-refractivity contribution in [2.75, 3.05) is 59.8 Å². The minimum atomic E-state index is -1.08. The molecule has 7 rings (SSSR count). The fourth-order valence-corrected chi connectivity index (χ4v) is 8.04. The summed E-state index contributed by atoms with van der Waals surface area (Å²) in [4.78, 5) is 40.5. The molecule has 60 heavy (non-hydrogen) atoms. The lowest BCUT2D eigenvalue weighted by Gasteiger charge is -2.28. The number of para-hydroxylation sites is 2. The Bertz CT molecular complexity index is 2380. The number of anilines is 5. The molecule has 0 bridgehead atoms. The molecule has 0 fully saturated rings. The van der Waals surface area contributed by atoms with Gasteiger partial charge in [0, 0.05) is 59.7 Å². The Morgan fingerprint density at radius 2 is 1.45 bits per heavy atom. The zero-order valence-electron chi connectivity index (χ0n) is 34.2. The van der Waals surface area contributed by atoms with Gasteiger partial charge in [0.25, 0.3) is 5.24 Å². The lowest BCUT2D eigenvalue weighted by Crippen LogP contribution is -2.44. The number of aryl methyl sites for hydroxylation is 1. The average molecular weight is 832 g/mol. The third-order valence-corrected chi connectivity index (χ3v) is 11.5. The van der Waals surface area contributed by atoms with Gasteiger partial charge in [-0.25, -0.2) is 0 Å². The standard InChI is InChI=1S/C46H49N5O8S/c1-28-14-41(56-3)43(21-36(28)49-45(54)40-19-32-11-7-9-13-39(32)51(40)27-53)58-25-29-15-30(17-34(16-29)48-46(55)60-5)26-59-44-22-37(33(24-52)20-42(44)57-4)47-23-35-18-31-10-6-8-12-38(31)50(35)2/h6-17,20-22,24,27,35,40,45,47,49,54H,18-19,23,25-26H2,1-5H3,(H,48,55)/t35?,40?,45-/m1/s1. The van der Waals surface area contributed by atoms with Crippen LogP contribution in [0, 0.1) is 6.92 Å². The zero-order chi connectivity index (χ0) is 42.3. The molecule has 2 aliphatic heterocycles. The molecule has 5 aromatic rings. The van der Waals surface area contributed by atoms with Crippen molar-refractivity contribution in [1.29, 1.82) is 0 Å². The maximum Gasteiger partial charge on any atom is 0.283 e. The minimum Gasteiger partial charge on any atom is -0.493 e. The number of nitrogens with zero attached hydrogens (tertiary/aromatic N) is 2. The van der Waals surface area contributed by atoms with Gasteiger partial charge < -0.3 is 49.8 Å². The second-order valence-electron chi connectivity index (χ2n) is 14.7. The maximum atomic E-state index is 12.5. The highest BCUT2D eigenvalue weighted by Crippen LogP contribution is 2.38. The number of rotatable bonds is 17. The summed E-state index contributed by atoms with van der Waals surface area (Å²) in [5.74, 6) is 1.75. The molecule has 5 aromatic carbocycles. The first-order chi connectivity index (χ1) is 29.1. The number of hydrogen-bond donors (Lipinski definition) is 4. The number of nitrogens with one attached hydrogen (secondary N) is 3. The van der Waals surface area contributed by atoms with Gasteiger partial charge in [0.05, 0.1) is 26.3 Å². The highest BCUT2D eigenvalue weighted by Gasteiger charge is 2.34. The number of likely N-dealkylation sites (N-methyl/N-ethyl adjacent to an activating group) is 1. The van der Waals surface area contributed by atoms with Gasteiger partial charge in [0.1, 0.15) is 19.4 Å². The first kappa shape index (κ1) is 41.8. The van der Waals surface area contributed by atoms with E-state index in [1.54, 1.807) is 36.5 Å². The summed E-state index contributed by atoms with van der Waals surface area (Å²) in [6.45, 7) is 2.70. The lowest BCUT2D eigenvalue weighted by molar-refractivity contribution is -0.108. The topological polar surface area (TPSA) is 151 Å². The summed E-state index contributed by atoms with van der Waals surface area (Å²) in [5, 5.41) is 20.7. The largest absolute Gasteiger partial charge is 0.493 e. The molecule has 14 heteroatoms. The first-order valence-electron chi connectivity index (χ1n) is 19.5. The third kappa shape index (κ3) is 9.09. The Morgan fingerprint density at radius 3 is 2.07 bits per heavy atom. The van der Waals surface area contributed by atoms with Crippen LogP contribution in [0.15, 0.2) is 91.0 Å². The van der Waals surface area contributed by atoms with Crippen LogP contribution in [-0.2, 0) is 30.8 Å². The van der Waals surface area contributed by atoms with E-state index in [4.69, 9.17) is 18.9 Å². The fraction of sp³-hybridized carbons (Fsp3) is 0.283. The van der Waals surface area contributed by atoms with E-state index in [-0.39, 0.29) is 24.5 Å². The number of aliphatic hydroxyl groups is 1. The molecule has 0 saturated heterocycles. The lowest BCUT2D eigenvalue weighted by atomic mass is 10.1. The van der Waals surface area contributed by atoms with Crippen molar-refractivity contribution in [1.82, 2.24) is 0 Å². The summed E-state index contributed by atoms with van der Waals surface area (Å²) < 4.78 is 24.0.